The number of rotatable bonds is 6. The van der Waals surface area contributed by atoms with Gasteiger partial charge >= 0.3 is 6.18 Å². The summed E-state index contributed by atoms with van der Waals surface area (Å²) in [5, 5.41) is 0. The van der Waals surface area contributed by atoms with Crippen molar-refractivity contribution >= 4 is 25.4 Å². The van der Waals surface area contributed by atoms with E-state index in [0.717, 1.165) is 28.7 Å². The molecule has 1 aromatic carbocycles. The monoisotopic (exact) mass is 448 g/mol. The number of ether oxygens (including phenoxy) is 1. The smallest absolute Gasteiger partial charge is 0.361 e. The minimum atomic E-state index is -4.95. The van der Waals surface area contributed by atoms with Crippen LogP contribution in [0.2, 0.25) is 25.7 Å². The molecule has 1 heterocycles. The number of para-hydroxylation sites is 2. The van der Waals surface area contributed by atoms with Crippen molar-refractivity contribution in [3.63, 3.8) is 0 Å². The number of hydrogen-bond acceptors (Lipinski definition) is 3. The fourth-order valence-corrected chi connectivity index (χ4v) is 4.14. The first kappa shape index (κ1) is 23.2. The van der Waals surface area contributed by atoms with E-state index in [1.807, 2.05) is 0 Å². The van der Waals surface area contributed by atoms with E-state index in [9.17, 15) is 18.0 Å². The van der Waals surface area contributed by atoms with Crippen molar-refractivity contribution in [2.24, 2.45) is 5.92 Å². The number of terminal acetylenes is 1. The molecule has 3 rings (SSSR count). The van der Waals surface area contributed by atoms with E-state index in [4.69, 9.17) is 11.2 Å². The molecule has 1 saturated carbocycles. The minimum Gasteiger partial charge on any atom is -0.361 e. The standard InChI is InChI=1S/C23H27F3N2O2Si/c1-5-14-28-20-9-7-6-8-19(20)27(17-30-15-16-31(2,3)4)21(29)22(28,23(24,25)26)13-12-18-10-11-18/h1,6-9,18H,10-11,14-17H2,2-4H3. The summed E-state index contributed by atoms with van der Waals surface area (Å²) in [6, 6.07) is 7.27. The van der Waals surface area contributed by atoms with Crippen LogP contribution in [0.4, 0.5) is 24.5 Å². The van der Waals surface area contributed by atoms with Crippen LogP contribution in [-0.2, 0) is 9.53 Å². The molecule has 1 unspecified atom stereocenters. The zero-order chi connectivity index (χ0) is 22.9. The molecule has 4 nitrogen and oxygen atoms in total. The van der Waals surface area contributed by atoms with E-state index in [2.05, 4.69) is 37.4 Å². The van der Waals surface area contributed by atoms with Crippen LogP contribution in [0.5, 0.6) is 0 Å². The molecule has 1 aliphatic carbocycles. The number of amides is 1. The summed E-state index contributed by atoms with van der Waals surface area (Å²) in [4.78, 5) is 15.5. The number of alkyl halides is 3. The van der Waals surface area contributed by atoms with E-state index in [0.29, 0.717) is 12.3 Å². The van der Waals surface area contributed by atoms with Crippen molar-refractivity contribution in [1.29, 1.82) is 0 Å². The zero-order valence-corrected chi connectivity index (χ0v) is 19.1. The van der Waals surface area contributed by atoms with Gasteiger partial charge in [0.25, 0.3) is 11.4 Å². The van der Waals surface area contributed by atoms with Crippen molar-refractivity contribution in [3.8, 4) is 24.2 Å². The molecular formula is C23H27F3N2O2Si. The highest BCUT2D eigenvalue weighted by Gasteiger charge is 2.67. The largest absolute Gasteiger partial charge is 0.432 e. The molecular weight excluding hydrogens is 421 g/mol. The van der Waals surface area contributed by atoms with Crippen molar-refractivity contribution in [3.05, 3.63) is 24.3 Å². The van der Waals surface area contributed by atoms with Gasteiger partial charge in [0, 0.05) is 20.6 Å². The summed E-state index contributed by atoms with van der Waals surface area (Å²) < 4.78 is 49.5. The van der Waals surface area contributed by atoms with E-state index in [1.165, 1.54) is 6.07 Å². The second kappa shape index (κ2) is 8.61. The topological polar surface area (TPSA) is 32.8 Å². The van der Waals surface area contributed by atoms with Gasteiger partial charge in [-0.1, -0.05) is 49.5 Å². The first-order valence-electron chi connectivity index (χ1n) is 10.3. The number of carbonyl (C=O) groups is 1. The van der Waals surface area contributed by atoms with Crippen LogP contribution in [0.25, 0.3) is 0 Å². The third kappa shape index (κ3) is 4.76. The zero-order valence-electron chi connectivity index (χ0n) is 18.1. The average Bonchev–Trinajstić information content (AvgIpc) is 3.49. The van der Waals surface area contributed by atoms with Gasteiger partial charge in [-0.3, -0.25) is 9.69 Å². The minimum absolute atomic E-state index is 0.113. The van der Waals surface area contributed by atoms with Crippen molar-refractivity contribution in [2.75, 3.05) is 29.7 Å². The lowest BCUT2D eigenvalue weighted by atomic mass is 9.89. The van der Waals surface area contributed by atoms with Gasteiger partial charge in [0.15, 0.2) is 0 Å². The second-order valence-corrected chi connectivity index (χ2v) is 14.7. The van der Waals surface area contributed by atoms with E-state index < -0.39 is 32.2 Å². The van der Waals surface area contributed by atoms with E-state index in [-0.39, 0.29) is 18.3 Å². The summed E-state index contributed by atoms with van der Waals surface area (Å²) in [6.07, 6.45) is 1.94. The fraction of sp³-hybridized carbons (Fsp3) is 0.522. The first-order chi connectivity index (χ1) is 14.5. The number of hydrogen-bond donors (Lipinski definition) is 0. The summed E-state index contributed by atoms with van der Waals surface area (Å²) in [6.45, 7) is 6.24. The third-order valence-electron chi connectivity index (χ3n) is 5.33. The Kier molecular flexibility index (Phi) is 6.45. The maximum absolute atomic E-state index is 14.6. The van der Waals surface area contributed by atoms with Crippen LogP contribution < -0.4 is 9.80 Å². The van der Waals surface area contributed by atoms with Gasteiger partial charge in [-0.2, -0.15) is 13.2 Å². The molecule has 0 N–H and O–H groups in total. The normalized spacial score (nSPS) is 21.3. The number of benzene rings is 1. The molecule has 1 aliphatic heterocycles. The van der Waals surface area contributed by atoms with Crippen LogP contribution in [0.3, 0.4) is 0 Å². The van der Waals surface area contributed by atoms with Crippen LogP contribution in [-0.4, -0.2) is 45.6 Å². The second-order valence-electron chi connectivity index (χ2n) is 9.11. The Morgan fingerprint density at radius 1 is 1.23 bits per heavy atom. The maximum Gasteiger partial charge on any atom is 0.432 e. The molecule has 31 heavy (non-hydrogen) atoms. The summed E-state index contributed by atoms with van der Waals surface area (Å²) >= 11 is 0. The Balaban J connectivity index is 2.06. The highest BCUT2D eigenvalue weighted by Crippen LogP contribution is 2.47. The van der Waals surface area contributed by atoms with Gasteiger partial charge in [-0.05, 0) is 31.0 Å². The molecule has 2 aliphatic rings. The summed E-state index contributed by atoms with van der Waals surface area (Å²) in [5.41, 5.74) is -2.49. The maximum atomic E-state index is 14.6. The van der Waals surface area contributed by atoms with Crippen molar-refractivity contribution < 1.29 is 22.7 Å². The molecule has 0 spiro atoms. The van der Waals surface area contributed by atoms with Gasteiger partial charge in [0.05, 0.1) is 17.9 Å². The quantitative estimate of drug-likeness (QED) is 0.365. The average molecular weight is 449 g/mol. The molecule has 0 saturated heterocycles. The highest BCUT2D eigenvalue weighted by molar-refractivity contribution is 6.76. The molecule has 1 fully saturated rings. The van der Waals surface area contributed by atoms with Crippen LogP contribution in [0, 0.1) is 30.1 Å². The fourth-order valence-electron chi connectivity index (χ4n) is 3.38. The molecule has 166 valence electrons. The molecule has 8 heteroatoms. The Morgan fingerprint density at radius 3 is 2.42 bits per heavy atom. The first-order valence-corrected chi connectivity index (χ1v) is 14.0. The summed E-state index contributed by atoms with van der Waals surface area (Å²) in [7, 11) is -1.39. The number of fused-ring (bicyclic) bond motifs is 1. The predicted molar refractivity (Wildman–Crippen MR) is 118 cm³/mol. The van der Waals surface area contributed by atoms with Crippen molar-refractivity contribution in [2.45, 2.75) is 50.2 Å². The molecule has 1 atom stereocenters. The van der Waals surface area contributed by atoms with Gasteiger partial charge < -0.3 is 9.64 Å². The number of carbonyl (C=O) groups excluding carboxylic acids is 1. The molecule has 1 amide bonds. The Hall–Kier alpha value is -2.42. The third-order valence-corrected chi connectivity index (χ3v) is 7.04. The Labute approximate surface area is 182 Å². The van der Waals surface area contributed by atoms with Gasteiger partial charge in [-0.25, -0.2) is 0 Å². The number of anilines is 2. The Bertz CT molecular complexity index is 935. The lowest BCUT2D eigenvalue weighted by molar-refractivity contribution is -0.178. The lowest BCUT2D eigenvalue weighted by Gasteiger charge is -2.48. The van der Waals surface area contributed by atoms with E-state index in [1.54, 1.807) is 18.2 Å². The van der Waals surface area contributed by atoms with Crippen LogP contribution in [0.15, 0.2) is 24.3 Å². The van der Waals surface area contributed by atoms with Gasteiger partial charge in [0.2, 0.25) is 0 Å². The van der Waals surface area contributed by atoms with Crippen LogP contribution in [0.1, 0.15) is 12.8 Å². The van der Waals surface area contributed by atoms with E-state index >= 15 is 0 Å². The lowest BCUT2D eigenvalue weighted by Crippen LogP contribution is -2.70. The Morgan fingerprint density at radius 2 is 1.87 bits per heavy atom. The molecule has 0 bridgehead atoms. The van der Waals surface area contributed by atoms with Gasteiger partial charge in [-0.15, -0.1) is 6.42 Å². The molecule has 1 aromatic rings. The van der Waals surface area contributed by atoms with Crippen molar-refractivity contribution in [1.82, 2.24) is 0 Å². The summed E-state index contributed by atoms with van der Waals surface area (Å²) in [5.74, 6) is 5.98. The molecule has 0 radical (unpaired) electrons. The molecule has 0 aromatic heterocycles. The SMILES string of the molecule is C#CCN1c2ccccc2N(COCC[Si](C)(C)C)C(=O)C1(C#CC1CC1)C(F)(F)F. The number of nitrogens with zero attached hydrogens (tertiary/aromatic N) is 2. The predicted octanol–water partition coefficient (Wildman–Crippen LogP) is 4.50. The van der Waals surface area contributed by atoms with Crippen LogP contribution >= 0.6 is 0 Å². The highest BCUT2D eigenvalue weighted by atomic mass is 28.3. The number of halogens is 3. The van der Waals surface area contributed by atoms with Gasteiger partial charge in [0.1, 0.15) is 6.73 Å².